The van der Waals surface area contributed by atoms with E-state index in [4.69, 9.17) is 9.47 Å². The fourth-order valence-electron chi connectivity index (χ4n) is 3.10. The van der Waals surface area contributed by atoms with Gasteiger partial charge in [-0.15, -0.1) is 0 Å². The molecule has 108 valence electrons. The Hall–Kier alpha value is -1.33. The van der Waals surface area contributed by atoms with Crippen LogP contribution in [0.5, 0.6) is 0 Å². The molecule has 2 fully saturated rings. The Morgan fingerprint density at radius 3 is 2.90 bits per heavy atom. The van der Waals surface area contributed by atoms with E-state index in [0.717, 1.165) is 12.8 Å². The van der Waals surface area contributed by atoms with E-state index in [0.29, 0.717) is 32.7 Å². The third-order valence-corrected chi connectivity index (χ3v) is 4.26. The number of carbonyl (C=O) groups excluding carboxylic acids is 1. The number of hydrogen-bond acceptors (Lipinski definition) is 4. The molecular formula is C15H18FNO3. The zero-order valence-electron chi connectivity index (χ0n) is 11.3. The summed E-state index contributed by atoms with van der Waals surface area (Å²) in [5.74, 6) is -0.937. The van der Waals surface area contributed by atoms with Crippen LogP contribution >= 0.6 is 0 Å². The van der Waals surface area contributed by atoms with Crippen molar-refractivity contribution in [2.75, 3.05) is 19.8 Å². The van der Waals surface area contributed by atoms with E-state index in [1.54, 1.807) is 0 Å². The van der Waals surface area contributed by atoms with Crippen LogP contribution in [0.25, 0.3) is 0 Å². The van der Waals surface area contributed by atoms with Gasteiger partial charge < -0.3 is 9.47 Å². The molecule has 20 heavy (non-hydrogen) atoms. The number of halogens is 1. The zero-order valence-corrected chi connectivity index (χ0v) is 11.3. The van der Waals surface area contributed by atoms with Gasteiger partial charge in [0.1, 0.15) is 5.69 Å². The van der Waals surface area contributed by atoms with Gasteiger partial charge in [-0.2, -0.15) is 0 Å². The second-order valence-corrected chi connectivity index (χ2v) is 5.53. The minimum Gasteiger partial charge on any atom is -0.381 e. The van der Waals surface area contributed by atoms with E-state index in [1.807, 2.05) is 0 Å². The van der Waals surface area contributed by atoms with Crippen LogP contribution in [0.4, 0.5) is 4.39 Å². The van der Waals surface area contributed by atoms with E-state index in [1.165, 1.54) is 18.3 Å². The Morgan fingerprint density at radius 2 is 2.15 bits per heavy atom. The molecule has 0 aromatic carbocycles. The molecule has 1 aromatic rings. The minimum atomic E-state index is -0.537. The largest absolute Gasteiger partial charge is 0.381 e. The maximum absolute atomic E-state index is 13.7. The van der Waals surface area contributed by atoms with Gasteiger partial charge in [-0.3, -0.25) is 9.78 Å². The summed E-state index contributed by atoms with van der Waals surface area (Å²) in [5, 5.41) is 0. The van der Waals surface area contributed by atoms with Gasteiger partial charge in [0.2, 0.25) is 0 Å². The first kappa shape index (κ1) is 13.6. The summed E-state index contributed by atoms with van der Waals surface area (Å²) in [6, 6.07) is 2.78. The van der Waals surface area contributed by atoms with E-state index in [2.05, 4.69) is 4.98 Å². The summed E-state index contributed by atoms with van der Waals surface area (Å²) in [7, 11) is 0. The Labute approximate surface area is 117 Å². The number of pyridine rings is 1. The minimum absolute atomic E-state index is 0.0402. The van der Waals surface area contributed by atoms with Gasteiger partial charge in [-0.1, -0.05) is 0 Å². The standard InChI is InChI=1S/C15H18FNO3/c16-12-2-1-6-17-13(12)14(18)11-3-7-20-15(10-11)4-8-19-9-5-15/h1-2,6,11H,3-5,7-10H2. The van der Waals surface area contributed by atoms with Crippen molar-refractivity contribution in [1.29, 1.82) is 0 Å². The smallest absolute Gasteiger partial charge is 0.187 e. The van der Waals surface area contributed by atoms with Crippen LogP contribution in [0.1, 0.15) is 36.2 Å². The van der Waals surface area contributed by atoms with Crippen molar-refractivity contribution in [2.45, 2.75) is 31.3 Å². The fraction of sp³-hybridized carbons (Fsp3) is 0.600. The molecule has 0 amide bonds. The molecule has 5 heteroatoms. The molecule has 1 unspecified atom stereocenters. The molecular weight excluding hydrogens is 261 g/mol. The van der Waals surface area contributed by atoms with E-state index >= 15 is 0 Å². The monoisotopic (exact) mass is 279 g/mol. The summed E-state index contributed by atoms with van der Waals surface area (Å²) >= 11 is 0. The fourth-order valence-corrected chi connectivity index (χ4v) is 3.10. The zero-order chi connectivity index (χ0) is 14.0. The number of carbonyl (C=O) groups is 1. The van der Waals surface area contributed by atoms with Gasteiger partial charge >= 0.3 is 0 Å². The highest BCUT2D eigenvalue weighted by atomic mass is 19.1. The summed E-state index contributed by atoms with van der Waals surface area (Å²) < 4.78 is 25.0. The predicted molar refractivity (Wildman–Crippen MR) is 70.0 cm³/mol. The number of rotatable bonds is 2. The Morgan fingerprint density at radius 1 is 1.35 bits per heavy atom. The number of ether oxygens (including phenoxy) is 2. The molecule has 2 saturated heterocycles. The highest BCUT2D eigenvalue weighted by molar-refractivity contribution is 5.96. The Bertz CT molecular complexity index is 494. The SMILES string of the molecule is O=C(c1ncccc1F)C1CCOC2(CCOCC2)C1. The molecule has 4 nitrogen and oxygen atoms in total. The number of Topliss-reactive ketones (excluding diaryl/α,β-unsaturated/α-hetero) is 1. The number of aromatic nitrogens is 1. The average molecular weight is 279 g/mol. The lowest BCUT2D eigenvalue weighted by Crippen LogP contribution is -2.46. The van der Waals surface area contributed by atoms with Crippen LogP contribution in [0, 0.1) is 11.7 Å². The molecule has 0 N–H and O–H groups in total. The van der Waals surface area contributed by atoms with Crippen LogP contribution < -0.4 is 0 Å². The van der Waals surface area contributed by atoms with Crippen molar-refractivity contribution >= 4 is 5.78 Å². The molecule has 0 radical (unpaired) electrons. The summed E-state index contributed by atoms with van der Waals surface area (Å²) in [6.07, 6.45) is 4.35. The summed E-state index contributed by atoms with van der Waals surface area (Å²) in [4.78, 5) is 16.4. The van der Waals surface area contributed by atoms with E-state index in [-0.39, 0.29) is 23.0 Å². The van der Waals surface area contributed by atoms with Crippen molar-refractivity contribution in [3.8, 4) is 0 Å². The van der Waals surface area contributed by atoms with Gasteiger partial charge in [0.05, 0.1) is 5.60 Å². The second kappa shape index (κ2) is 5.58. The molecule has 0 bridgehead atoms. The lowest BCUT2D eigenvalue weighted by atomic mass is 9.78. The molecule has 2 aliphatic rings. The first-order chi connectivity index (χ1) is 9.70. The van der Waals surface area contributed by atoms with Gasteiger partial charge in [0.15, 0.2) is 11.6 Å². The van der Waals surface area contributed by atoms with E-state index < -0.39 is 5.82 Å². The van der Waals surface area contributed by atoms with Gasteiger partial charge in [0, 0.05) is 31.9 Å². The molecule has 0 aliphatic carbocycles. The third kappa shape index (κ3) is 2.60. The van der Waals surface area contributed by atoms with Crippen molar-refractivity contribution < 1.29 is 18.7 Å². The van der Waals surface area contributed by atoms with Gasteiger partial charge in [-0.05, 0) is 37.8 Å². The third-order valence-electron chi connectivity index (χ3n) is 4.26. The average Bonchev–Trinajstić information content (AvgIpc) is 2.48. The van der Waals surface area contributed by atoms with Gasteiger partial charge in [0.25, 0.3) is 0 Å². The first-order valence-electron chi connectivity index (χ1n) is 7.07. The molecule has 1 atom stereocenters. The maximum Gasteiger partial charge on any atom is 0.187 e. The van der Waals surface area contributed by atoms with Crippen LogP contribution in [-0.2, 0) is 9.47 Å². The summed E-state index contributed by atoms with van der Waals surface area (Å²) in [5.41, 5.74) is -0.302. The Kier molecular flexibility index (Phi) is 3.81. The number of nitrogens with zero attached hydrogens (tertiary/aromatic N) is 1. The molecule has 0 saturated carbocycles. The molecule has 1 aromatic heterocycles. The van der Waals surface area contributed by atoms with Crippen LogP contribution in [0.15, 0.2) is 18.3 Å². The van der Waals surface area contributed by atoms with E-state index in [9.17, 15) is 9.18 Å². The first-order valence-corrected chi connectivity index (χ1v) is 7.07. The quantitative estimate of drug-likeness (QED) is 0.780. The topological polar surface area (TPSA) is 48.4 Å². The maximum atomic E-state index is 13.7. The van der Waals surface area contributed by atoms with Crippen molar-refractivity contribution in [3.63, 3.8) is 0 Å². The molecule has 1 spiro atoms. The molecule has 3 heterocycles. The van der Waals surface area contributed by atoms with Crippen molar-refractivity contribution in [1.82, 2.24) is 4.98 Å². The molecule has 3 rings (SSSR count). The Balaban J connectivity index is 1.77. The number of ketones is 1. The van der Waals surface area contributed by atoms with Crippen LogP contribution in [0.3, 0.4) is 0 Å². The van der Waals surface area contributed by atoms with Crippen molar-refractivity contribution in [3.05, 3.63) is 29.8 Å². The lowest BCUT2D eigenvalue weighted by Gasteiger charge is -2.42. The lowest BCUT2D eigenvalue weighted by molar-refractivity contribution is -0.142. The van der Waals surface area contributed by atoms with Crippen LogP contribution in [0.2, 0.25) is 0 Å². The van der Waals surface area contributed by atoms with Crippen LogP contribution in [-0.4, -0.2) is 36.2 Å². The van der Waals surface area contributed by atoms with Crippen molar-refractivity contribution in [2.24, 2.45) is 5.92 Å². The highest BCUT2D eigenvalue weighted by Crippen LogP contribution is 2.38. The van der Waals surface area contributed by atoms with Gasteiger partial charge in [-0.25, -0.2) is 4.39 Å². The normalized spacial score (nSPS) is 25.6. The predicted octanol–water partition coefficient (Wildman–Crippen LogP) is 2.38. The molecule has 2 aliphatic heterocycles. The number of hydrogen-bond donors (Lipinski definition) is 0. The second-order valence-electron chi connectivity index (χ2n) is 5.53. The highest BCUT2D eigenvalue weighted by Gasteiger charge is 2.41. The summed E-state index contributed by atoms with van der Waals surface area (Å²) in [6.45, 7) is 1.88.